The molecule has 0 saturated carbocycles. The average Bonchev–Trinajstić information content (AvgIpc) is 3.10. The van der Waals surface area contributed by atoms with E-state index in [9.17, 15) is 0 Å². The molecule has 9 heteroatoms. The summed E-state index contributed by atoms with van der Waals surface area (Å²) in [5, 5.41) is 2.22. The van der Waals surface area contributed by atoms with E-state index in [0.29, 0.717) is 0 Å². The molecule has 2 aromatic heterocycles. The molecule has 0 aliphatic heterocycles. The van der Waals surface area contributed by atoms with Crippen LogP contribution in [0.5, 0.6) is 11.5 Å². The molecule has 0 bridgehead atoms. The Labute approximate surface area is 317 Å². The molecule has 0 aliphatic rings. The van der Waals surface area contributed by atoms with Gasteiger partial charge in [0.2, 0.25) is 0 Å². The maximum atomic E-state index is 7.25. The molecule has 7 aromatic rings. The molecule has 0 aliphatic carbocycles. The predicted molar refractivity (Wildman–Crippen MR) is 175 cm³/mol. The van der Waals surface area contributed by atoms with E-state index in [-0.39, 0.29) is 37.2 Å². The van der Waals surface area contributed by atoms with Gasteiger partial charge < -0.3 is 37.2 Å². The number of nitrogens with zero attached hydrogens (tertiary/aromatic N) is 2. The monoisotopic (exact) mass is 762 g/mol. The summed E-state index contributed by atoms with van der Waals surface area (Å²) >= 11 is -1.44. The zero-order valence-corrected chi connectivity index (χ0v) is 31.4. The molecular weight excluding hydrogens is 731 g/mol. The van der Waals surface area contributed by atoms with Crippen molar-refractivity contribution in [2.24, 2.45) is 0 Å². The van der Waals surface area contributed by atoms with Gasteiger partial charge in [0.25, 0.3) is 0 Å². The van der Waals surface area contributed by atoms with Crippen molar-refractivity contribution in [3.8, 4) is 11.5 Å². The van der Waals surface area contributed by atoms with Gasteiger partial charge >= 0.3 is 283 Å². The SMILES string of the molecule is [Cl-].[Cl-].[Cl-].[Ti+3][O]c1cccc2cccnc12.c1ccc([CH2][Ti]([CH2]c2ccccc2)([CH2]c2ccccc2)[O]c2cccc3cccnc23)cc1. The summed E-state index contributed by atoms with van der Waals surface area (Å²) in [4.78, 5) is 8.92. The fourth-order valence-electron chi connectivity index (χ4n) is 5.75. The summed E-state index contributed by atoms with van der Waals surface area (Å²) < 4.78 is 15.4. The van der Waals surface area contributed by atoms with Gasteiger partial charge in [-0.15, -0.1) is 0 Å². The first-order chi connectivity index (χ1) is 22.2. The first-order valence-corrected chi connectivity index (χ1v) is 19.6. The zero-order valence-electron chi connectivity index (χ0n) is 26.1. The van der Waals surface area contributed by atoms with Crippen molar-refractivity contribution in [3.63, 3.8) is 0 Å². The number of halogens is 3. The van der Waals surface area contributed by atoms with E-state index in [4.69, 9.17) is 11.6 Å². The second-order valence-corrected chi connectivity index (χ2v) is 17.0. The number of rotatable bonds is 9. The fraction of sp³-hybridized carbons (Fsp3) is 0.0769. The van der Waals surface area contributed by atoms with Crippen LogP contribution in [0, 0.1) is 0 Å². The van der Waals surface area contributed by atoms with Crippen LogP contribution in [0.2, 0.25) is 0 Å². The fourth-order valence-corrected chi connectivity index (χ4v) is 12.5. The Kier molecular flexibility index (Phi) is 16.1. The number of para-hydroxylation sites is 2. The van der Waals surface area contributed by atoms with Gasteiger partial charge in [-0.25, -0.2) is 0 Å². The number of hydrogen-bond donors (Lipinski definition) is 0. The molecule has 48 heavy (non-hydrogen) atoms. The van der Waals surface area contributed by atoms with Crippen molar-refractivity contribution >= 4 is 21.8 Å². The summed E-state index contributed by atoms with van der Waals surface area (Å²) in [5.41, 5.74) is 5.90. The average molecular weight is 764 g/mol. The topological polar surface area (TPSA) is 44.2 Å². The number of fused-ring (bicyclic) bond motifs is 2. The van der Waals surface area contributed by atoms with E-state index in [1.165, 1.54) is 16.7 Å². The van der Waals surface area contributed by atoms with Crippen molar-refractivity contribution in [2.75, 3.05) is 0 Å². The minimum absolute atomic E-state index is 0. The maximum absolute atomic E-state index is 7.25. The second kappa shape index (κ2) is 19.7. The number of aromatic nitrogens is 2. The van der Waals surface area contributed by atoms with Crippen LogP contribution in [0.25, 0.3) is 21.8 Å². The van der Waals surface area contributed by atoms with Crippen molar-refractivity contribution < 1.29 is 81.7 Å². The van der Waals surface area contributed by atoms with Crippen LogP contribution >= 0.6 is 0 Å². The van der Waals surface area contributed by atoms with Crippen LogP contribution in [0.15, 0.2) is 164 Å². The molecule has 240 valence electrons. The van der Waals surface area contributed by atoms with Gasteiger partial charge in [0, 0.05) is 0 Å². The molecule has 0 amide bonds. The summed E-state index contributed by atoms with van der Waals surface area (Å²) in [5.74, 6) is 1.74. The van der Waals surface area contributed by atoms with Crippen molar-refractivity contribution in [1.29, 1.82) is 0 Å². The molecule has 0 atom stereocenters. The Hall–Kier alpha value is -3.18. The van der Waals surface area contributed by atoms with Crippen LogP contribution < -0.4 is 43.9 Å². The Bertz CT molecular complexity index is 1860. The number of benzene rings is 5. The van der Waals surface area contributed by atoms with Gasteiger partial charge in [-0.3, -0.25) is 0 Å². The first kappa shape index (κ1) is 39.3. The Morgan fingerprint density at radius 3 is 1.23 bits per heavy atom. The van der Waals surface area contributed by atoms with E-state index in [2.05, 4.69) is 120 Å². The Balaban J connectivity index is 0.000000353. The third kappa shape index (κ3) is 10.4. The summed E-state index contributed by atoms with van der Waals surface area (Å²) in [6.07, 6.45) is 3.63. The van der Waals surface area contributed by atoms with E-state index >= 15 is 0 Å². The van der Waals surface area contributed by atoms with Crippen molar-refractivity contribution in [3.05, 3.63) is 181 Å². The van der Waals surface area contributed by atoms with Crippen molar-refractivity contribution in [1.82, 2.24) is 9.97 Å². The Morgan fingerprint density at radius 2 is 0.812 bits per heavy atom. The van der Waals surface area contributed by atoms with Gasteiger partial charge in [-0.05, 0) is 0 Å². The molecule has 4 nitrogen and oxygen atoms in total. The molecule has 0 unspecified atom stereocenters. The zero-order chi connectivity index (χ0) is 30.7. The minimum atomic E-state index is -3.09. The van der Waals surface area contributed by atoms with E-state index < -0.39 is 17.0 Å². The van der Waals surface area contributed by atoms with E-state index in [1.54, 1.807) is 27.0 Å². The Morgan fingerprint density at radius 1 is 0.438 bits per heavy atom. The third-order valence-electron chi connectivity index (χ3n) is 7.74. The van der Waals surface area contributed by atoms with Gasteiger partial charge in [0.05, 0.1) is 0 Å². The van der Waals surface area contributed by atoms with Crippen LogP contribution in [-0.2, 0) is 52.0 Å². The number of pyridine rings is 2. The van der Waals surface area contributed by atoms with Crippen LogP contribution in [0.4, 0.5) is 0 Å². The molecule has 2 heterocycles. The molecule has 0 N–H and O–H groups in total. The van der Waals surface area contributed by atoms with Crippen LogP contribution in [0.1, 0.15) is 16.7 Å². The van der Waals surface area contributed by atoms with Crippen LogP contribution in [0.3, 0.4) is 0 Å². The van der Waals surface area contributed by atoms with Gasteiger partial charge in [0.15, 0.2) is 0 Å². The summed E-state index contributed by atoms with van der Waals surface area (Å²) in [7, 11) is 0. The molecule has 0 fully saturated rings. The van der Waals surface area contributed by atoms with Gasteiger partial charge in [-0.1, -0.05) is 0 Å². The summed E-state index contributed by atoms with van der Waals surface area (Å²) in [6.45, 7) is 0. The standard InChI is InChI=1S/2C9H7NO.3C7H7.3ClH.2Ti/c2*11-8-5-1-3-7-4-2-6-10-9(7)8;3*1-7-5-3-2-4-6-7;;;;;/h2*1-6,11H;3*2-6H,1H2;3*1H;;/q;;;;;;;;+1;+4/p-5. The third-order valence-corrected chi connectivity index (χ3v) is 14.0. The molecular formula is C39H33Cl3N2O2Ti2. The quantitative estimate of drug-likeness (QED) is 0.200. The molecule has 0 spiro atoms. The first-order valence-electron chi connectivity index (χ1n) is 15.0. The normalized spacial score (nSPS) is 10.4. The van der Waals surface area contributed by atoms with E-state index in [1.807, 2.05) is 42.6 Å². The second-order valence-electron chi connectivity index (χ2n) is 11.0. The van der Waals surface area contributed by atoms with E-state index in [0.717, 1.165) is 47.5 Å². The van der Waals surface area contributed by atoms with Crippen molar-refractivity contribution in [2.45, 2.75) is 14.2 Å². The molecule has 0 radical (unpaired) electrons. The molecule has 5 aromatic carbocycles. The summed E-state index contributed by atoms with van der Waals surface area (Å²) in [6, 6.07) is 52.7. The van der Waals surface area contributed by atoms with Gasteiger partial charge in [-0.2, -0.15) is 0 Å². The number of hydrogen-bond acceptors (Lipinski definition) is 4. The molecule has 0 saturated heterocycles. The molecule has 7 rings (SSSR count). The van der Waals surface area contributed by atoms with Gasteiger partial charge in [0.1, 0.15) is 0 Å². The van der Waals surface area contributed by atoms with Crippen LogP contribution in [-0.4, -0.2) is 9.97 Å². The predicted octanol–water partition coefficient (Wildman–Crippen LogP) is 0.371.